The van der Waals surface area contributed by atoms with Gasteiger partial charge in [-0.25, -0.2) is 18.2 Å². The Hall–Kier alpha value is -3.76. The molecule has 1 aromatic carbocycles. The number of aromatic nitrogens is 2. The third-order valence-corrected chi connectivity index (χ3v) is 7.06. The van der Waals surface area contributed by atoms with Gasteiger partial charge in [0.15, 0.2) is 0 Å². The maximum Gasteiger partial charge on any atom is 0.274 e. The number of benzene rings is 1. The normalized spacial score (nSPS) is 23.1. The van der Waals surface area contributed by atoms with Crippen LogP contribution in [0.15, 0.2) is 55.4 Å². The van der Waals surface area contributed by atoms with Crippen molar-refractivity contribution in [2.75, 3.05) is 12.4 Å². The Bertz CT molecular complexity index is 1360. The maximum absolute atomic E-state index is 14.6. The first-order valence-electron chi connectivity index (χ1n) is 12.3. The molecule has 0 radical (unpaired) electrons. The zero-order valence-corrected chi connectivity index (χ0v) is 20.7. The van der Waals surface area contributed by atoms with Crippen molar-refractivity contribution >= 4 is 11.6 Å². The SMILES string of the molecule is C=CC1C(N)CC(c2ccncc2NC(=O)c2ccc(F)c(-c3c(F)cc(OC)cc3F)n2)OC1C1CC1. The van der Waals surface area contributed by atoms with Gasteiger partial charge in [-0.15, -0.1) is 6.58 Å². The summed E-state index contributed by atoms with van der Waals surface area (Å²) in [5.74, 6) is -3.46. The molecule has 1 saturated carbocycles. The fraction of sp³-hybridized carbons (Fsp3) is 0.321. The molecule has 0 bridgehead atoms. The van der Waals surface area contributed by atoms with Crippen LogP contribution < -0.4 is 15.8 Å². The second kappa shape index (κ2) is 10.5. The van der Waals surface area contributed by atoms with Crippen LogP contribution in [-0.2, 0) is 4.74 Å². The molecule has 0 spiro atoms. The average molecular weight is 525 g/mol. The predicted molar refractivity (Wildman–Crippen MR) is 135 cm³/mol. The van der Waals surface area contributed by atoms with Gasteiger partial charge in [0.05, 0.1) is 36.8 Å². The topological polar surface area (TPSA) is 99.4 Å². The minimum Gasteiger partial charge on any atom is -0.497 e. The molecule has 4 unspecified atom stereocenters. The number of nitrogens with zero attached hydrogens (tertiary/aromatic N) is 2. The molecule has 3 heterocycles. The van der Waals surface area contributed by atoms with Gasteiger partial charge in [-0.3, -0.25) is 9.78 Å². The maximum atomic E-state index is 14.6. The van der Waals surface area contributed by atoms with Gasteiger partial charge in [0.25, 0.3) is 5.91 Å². The number of anilines is 1. The van der Waals surface area contributed by atoms with Crippen molar-refractivity contribution in [1.29, 1.82) is 0 Å². The van der Waals surface area contributed by atoms with E-state index in [0.717, 1.165) is 37.1 Å². The van der Waals surface area contributed by atoms with Crippen molar-refractivity contribution in [3.63, 3.8) is 0 Å². The van der Waals surface area contributed by atoms with E-state index < -0.39 is 34.6 Å². The van der Waals surface area contributed by atoms with E-state index in [9.17, 15) is 18.0 Å². The highest BCUT2D eigenvalue weighted by molar-refractivity contribution is 6.03. The monoisotopic (exact) mass is 524 g/mol. The van der Waals surface area contributed by atoms with Crippen molar-refractivity contribution in [1.82, 2.24) is 9.97 Å². The molecule has 2 aromatic heterocycles. The zero-order valence-electron chi connectivity index (χ0n) is 20.7. The van der Waals surface area contributed by atoms with Gasteiger partial charge in [-0.05, 0) is 43.4 Å². The summed E-state index contributed by atoms with van der Waals surface area (Å²) in [7, 11) is 1.25. The molecule has 2 aliphatic rings. The van der Waals surface area contributed by atoms with Crippen LogP contribution >= 0.6 is 0 Å². The van der Waals surface area contributed by atoms with Crippen LogP contribution in [0.2, 0.25) is 0 Å². The van der Waals surface area contributed by atoms with Gasteiger partial charge >= 0.3 is 0 Å². The summed E-state index contributed by atoms with van der Waals surface area (Å²) in [6, 6.07) is 5.47. The number of amides is 1. The Kier molecular flexibility index (Phi) is 7.18. The van der Waals surface area contributed by atoms with Crippen molar-refractivity contribution in [3.05, 3.63) is 84.1 Å². The minimum atomic E-state index is -1.07. The third-order valence-electron chi connectivity index (χ3n) is 7.06. The first-order chi connectivity index (χ1) is 18.3. The van der Waals surface area contributed by atoms with Crippen molar-refractivity contribution in [2.24, 2.45) is 17.6 Å². The second-order valence-corrected chi connectivity index (χ2v) is 9.55. The highest BCUT2D eigenvalue weighted by atomic mass is 19.1. The Labute approximate surface area is 217 Å². The Morgan fingerprint density at radius 3 is 2.58 bits per heavy atom. The number of hydrogen-bond donors (Lipinski definition) is 2. The number of ether oxygens (including phenoxy) is 2. The van der Waals surface area contributed by atoms with E-state index in [-0.39, 0.29) is 35.6 Å². The van der Waals surface area contributed by atoms with E-state index in [2.05, 4.69) is 21.9 Å². The Balaban J connectivity index is 1.42. The lowest BCUT2D eigenvalue weighted by molar-refractivity contribution is -0.0911. The molecular formula is C28H27F3N4O3. The first kappa shape index (κ1) is 25.9. The molecule has 1 amide bonds. The van der Waals surface area contributed by atoms with Crippen LogP contribution in [0.3, 0.4) is 0 Å². The van der Waals surface area contributed by atoms with Crippen LogP contribution in [0.25, 0.3) is 11.3 Å². The lowest BCUT2D eigenvalue weighted by Crippen LogP contribution is -2.46. The van der Waals surface area contributed by atoms with Gasteiger partial charge in [0, 0.05) is 35.9 Å². The predicted octanol–water partition coefficient (Wildman–Crippen LogP) is 5.19. The Morgan fingerprint density at radius 1 is 1.18 bits per heavy atom. The summed E-state index contributed by atoms with van der Waals surface area (Å²) in [4.78, 5) is 21.2. The number of carbonyl (C=O) groups excluding carboxylic acids is 1. The summed E-state index contributed by atoms with van der Waals surface area (Å²) in [6.07, 6.45) is 7.13. The molecule has 5 rings (SSSR count). The summed E-state index contributed by atoms with van der Waals surface area (Å²) in [6.45, 7) is 3.92. The number of rotatable bonds is 7. The zero-order chi connectivity index (χ0) is 27.0. The van der Waals surface area contributed by atoms with Crippen LogP contribution in [0.1, 0.15) is 41.4 Å². The molecule has 1 saturated heterocycles. The quantitative estimate of drug-likeness (QED) is 0.413. The van der Waals surface area contributed by atoms with Crippen LogP contribution in [0, 0.1) is 29.3 Å². The van der Waals surface area contributed by atoms with Gasteiger partial charge in [-0.2, -0.15) is 0 Å². The van der Waals surface area contributed by atoms with E-state index >= 15 is 0 Å². The Morgan fingerprint density at radius 2 is 1.92 bits per heavy atom. The van der Waals surface area contributed by atoms with E-state index in [4.69, 9.17) is 15.2 Å². The molecule has 1 aliphatic heterocycles. The van der Waals surface area contributed by atoms with Crippen molar-refractivity contribution in [3.8, 4) is 17.0 Å². The largest absolute Gasteiger partial charge is 0.497 e. The fourth-order valence-corrected chi connectivity index (χ4v) is 4.96. The highest BCUT2D eigenvalue weighted by Crippen LogP contribution is 2.46. The number of nitrogens with one attached hydrogen (secondary N) is 1. The van der Waals surface area contributed by atoms with Gasteiger partial charge in [0.2, 0.25) is 0 Å². The van der Waals surface area contributed by atoms with Crippen molar-refractivity contribution in [2.45, 2.75) is 37.5 Å². The molecular weight excluding hydrogens is 497 g/mol. The molecule has 10 heteroatoms. The summed E-state index contributed by atoms with van der Waals surface area (Å²) >= 11 is 0. The molecule has 1 aliphatic carbocycles. The number of halogens is 3. The third kappa shape index (κ3) is 5.01. The second-order valence-electron chi connectivity index (χ2n) is 9.55. The molecule has 198 valence electrons. The number of carbonyl (C=O) groups is 1. The van der Waals surface area contributed by atoms with Crippen LogP contribution in [0.4, 0.5) is 18.9 Å². The number of hydrogen-bond acceptors (Lipinski definition) is 6. The van der Waals surface area contributed by atoms with Gasteiger partial charge < -0.3 is 20.5 Å². The molecule has 3 aromatic rings. The van der Waals surface area contributed by atoms with E-state index in [1.54, 1.807) is 12.3 Å². The number of methoxy groups -OCH3 is 1. The number of pyridine rings is 2. The van der Waals surface area contributed by atoms with Crippen LogP contribution in [-0.4, -0.2) is 35.1 Å². The number of nitrogens with two attached hydrogens (primary N) is 1. The standard InChI is InChI=1S/C28H27F3N4O3/c1-3-16-21(32)12-24(38-27(16)14-4-5-14)17-8-9-33-13-23(17)35-28(36)22-7-6-18(29)26(34-22)25-19(30)10-15(37-2)11-20(25)31/h3,6-11,13-14,16,21,24,27H,1,4-5,12,32H2,2H3,(H,35,36). The molecule has 38 heavy (non-hydrogen) atoms. The summed E-state index contributed by atoms with van der Waals surface area (Å²) in [5, 5.41) is 2.73. The van der Waals surface area contributed by atoms with Crippen LogP contribution in [0.5, 0.6) is 5.75 Å². The van der Waals surface area contributed by atoms with E-state index in [1.807, 2.05) is 6.08 Å². The van der Waals surface area contributed by atoms with E-state index in [0.29, 0.717) is 23.6 Å². The lowest BCUT2D eigenvalue weighted by atomic mass is 9.83. The van der Waals surface area contributed by atoms with Crippen molar-refractivity contribution < 1.29 is 27.4 Å². The van der Waals surface area contributed by atoms with Gasteiger partial charge in [-0.1, -0.05) is 6.08 Å². The smallest absolute Gasteiger partial charge is 0.274 e. The average Bonchev–Trinajstić information content (AvgIpc) is 3.74. The summed E-state index contributed by atoms with van der Waals surface area (Å²) < 4.78 is 55.1. The fourth-order valence-electron chi connectivity index (χ4n) is 4.96. The molecule has 7 nitrogen and oxygen atoms in total. The van der Waals surface area contributed by atoms with E-state index in [1.165, 1.54) is 13.3 Å². The molecule has 3 N–H and O–H groups in total. The minimum absolute atomic E-state index is 0.0409. The lowest BCUT2D eigenvalue weighted by Gasteiger charge is -2.40. The first-order valence-corrected chi connectivity index (χ1v) is 12.3. The van der Waals surface area contributed by atoms with Gasteiger partial charge in [0.1, 0.15) is 34.6 Å². The molecule has 2 fully saturated rings. The summed E-state index contributed by atoms with van der Waals surface area (Å²) in [5.41, 5.74) is 5.96. The highest BCUT2D eigenvalue weighted by Gasteiger charge is 2.44. The molecule has 4 atom stereocenters.